The molecule has 1 fully saturated rings. The summed E-state index contributed by atoms with van der Waals surface area (Å²) in [5.74, 6) is 0.774. The molecule has 2 N–H and O–H groups in total. The average Bonchev–Trinajstić information content (AvgIpc) is 3.32. The molecule has 2 aromatic rings. The van der Waals surface area contributed by atoms with Crippen LogP contribution in [0.4, 0.5) is 5.82 Å². The van der Waals surface area contributed by atoms with Gasteiger partial charge in [0.1, 0.15) is 5.82 Å². The minimum atomic E-state index is -0.0268. The lowest BCUT2D eigenvalue weighted by Gasteiger charge is -2.14. The maximum Gasteiger partial charge on any atom is 0.253 e. The smallest absolute Gasteiger partial charge is 0.253 e. The minimum Gasteiger partial charge on any atom is -0.373 e. The third-order valence-electron chi connectivity index (χ3n) is 4.61. The first-order valence-electron chi connectivity index (χ1n) is 7.53. The van der Waals surface area contributed by atoms with E-state index in [1.54, 1.807) is 6.20 Å². The Bertz CT molecular complexity index is 677. The molecule has 1 aliphatic rings. The van der Waals surface area contributed by atoms with Crippen LogP contribution in [0.15, 0.2) is 30.5 Å². The largest absolute Gasteiger partial charge is 0.373 e. The molecule has 0 saturated heterocycles. The van der Waals surface area contributed by atoms with Crippen LogP contribution < -0.4 is 10.6 Å². The number of rotatable bonds is 5. The number of benzene rings is 1. The zero-order valence-corrected chi connectivity index (χ0v) is 12.6. The van der Waals surface area contributed by atoms with E-state index in [1.165, 1.54) is 12.8 Å². The van der Waals surface area contributed by atoms with Gasteiger partial charge in [0.15, 0.2) is 0 Å². The van der Waals surface area contributed by atoms with Crippen LogP contribution in [-0.4, -0.2) is 24.5 Å². The molecule has 0 aliphatic heterocycles. The van der Waals surface area contributed by atoms with Crippen LogP contribution in [0.2, 0.25) is 0 Å². The molecule has 1 aliphatic carbocycles. The van der Waals surface area contributed by atoms with Crippen LogP contribution in [0.1, 0.15) is 36.5 Å². The van der Waals surface area contributed by atoms with Gasteiger partial charge in [-0.2, -0.15) is 0 Å². The summed E-state index contributed by atoms with van der Waals surface area (Å²) in [6.45, 7) is 2.96. The lowest BCUT2D eigenvalue weighted by atomic mass is 10.0. The number of amides is 1. The van der Waals surface area contributed by atoms with Crippen LogP contribution >= 0.6 is 0 Å². The van der Waals surface area contributed by atoms with Gasteiger partial charge < -0.3 is 10.6 Å². The van der Waals surface area contributed by atoms with Crippen LogP contribution in [0.3, 0.4) is 0 Å². The summed E-state index contributed by atoms with van der Waals surface area (Å²) in [5.41, 5.74) is 1.00. The van der Waals surface area contributed by atoms with E-state index in [1.807, 2.05) is 31.3 Å². The quantitative estimate of drug-likeness (QED) is 0.886. The first kappa shape index (κ1) is 13.9. The maximum absolute atomic E-state index is 12.5. The van der Waals surface area contributed by atoms with Gasteiger partial charge in [-0.15, -0.1) is 0 Å². The van der Waals surface area contributed by atoms with Crippen molar-refractivity contribution in [2.45, 2.75) is 26.2 Å². The van der Waals surface area contributed by atoms with Crippen molar-refractivity contribution in [2.24, 2.45) is 5.41 Å². The molecular formula is C17H21N3O. The van der Waals surface area contributed by atoms with E-state index < -0.39 is 0 Å². The van der Waals surface area contributed by atoms with E-state index in [0.717, 1.165) is 29.6 Å². The molecule has 0 atom stereocenters. The highest BCUT2D eigenvalue weighted by Gasteiger charge is 2.40. The second-order valence-electron chi connectivity index (χ2n) is 5.85. The number of nitrogens with one attached hydrogen (secondary N) is 2. The van der Waals surface area contributed by atoms with Gasteiger partial charge in [-0.05, 0) is 30.1 Å². The molecule has 4 nitrogen and oxygen atoms in total. The predicted octanol–water partition coefficient (Wildman–Crippen LogP) is 3.20. The highest BCUT2D eigenvalue weighted by Crippen LogP contribution is 2.47. The molecule has 4 heteroatoms. The molecule has 1 amide bonds. The Hall–Kier alpha value is -2.10. The summed E-state index contributed by atoms with van der Waals surface area (Å²) in [4.78, 5) is 16.8. The second-order valence-corrected chi connectivity index (χ2v) is 5.85. The average molecular weight is 283 g/mol. The van der Waals surface area contributed by atoms with Crippen LogP contribution in [-0.2, 0) is 0 Å². The summed E-state index contributed by atoms with van der Waals surface area (Å²) in [5, 5.41) is 8.07. The SMILES string of the molecule is CCC1(CNC(=O)c2cnc(NC)c3ccccc23)CC1. The molecule has 1 aromatic carbocycles. The van der Waals surface area contributed by atoms with Crippen molar-refractivity contribution in [1.29, 1.82) is 0 Å². The fraction of sp³-hybridized carbons (Fsp3) is 0.412. The minimum absolute atomic E-state index is 0.0268. The molecule has 1 saturated carbocycles. The van der Waals surface area contributed by atoms with E-state index in [9.17, 15) is 4.79 Å². The normalized spacial score (nSPS) is 15.7. The molecule has 1 heterocycles. The van der Waals surface area contributed by atoms with Gasteiger partial charge in [-0.3, -0.25) is 4.79 Å². The van der Waals surface area contributed by atoms with E-state index in [-0.39, 0.29) is 5.91 Å². The van der Waals surface area contributed by atoms with Gasteiger partial charge >= 0.3 is 0 Å². The number of nitrogens with zero attached hydrogens (tertiary/aromatic N) is 1. The van der Waals surface area contributed by atoms with Crippen molar-refractivity contribution in [2.75, 3.05) is 18.9 Å². The molecule has 0 unspecified atom stereocenters. The van der Waals surface area contributed by atoms with Crippen molar-refractivity contribution in [3.05, 3.63) is 36.0 Å². The molecule has 3 rings (SSSR count). The van der Waals surface area contributed by atoms with Gasteiger partial charge in [0.2, 0.25) is 0 Å². The monoisotopic (exact) mass is 283 g/mol. The van der Waals surface area contributed by atoms with E-state index in [0.29, 0.717) is 11.0 Å². The fourth-order valence-corrected chi connectivity index (χ4v) is 2.77. The molecule has 0 radical (unpaired) electrons. The number of pyridine rings is 1. The number of anilines is 1. The van der Waals surface area contributed by atoms with Gasteiger partial charge in [-0.1, -0.05) is 31.2 Å². The number of carbonyl (C=O) groups excluding carboxylic acids is 1. The summed E-state index contributed by atoms with van der Waals surface area (Å²) < 4.78 is 0. The Labute approximate surface area is 125 Å². The molecule has 110 valence electrons. The zero-order valence-electron chi connectivity index (χ0n) is 12.6. The summed E-state index contributed by atoms with van der Waals surface area (Å²) >= 11 is 0. The number of fused-ring (bicyclic) bond motifs is 1. The van der Waals surface area contributed by atoms with Crippen molar-refractivity contribution >= 4 is 22.5 Å². The van der Waals surface area contributed by atoms with Crippen molar-refractivity contribution in [3.63, 3.8) is 0 Å². The van der Waals surface area contributed by atoms with Gasteiger partial charge in [0, 0.05) is 25.2 Å². The van der Waals surface area contributed by atoms with Crippen molar-refractivity contribution < 1.29 is 4.79 Å². The number of aromatic nitrogens is 1. The highest BCUT2D eigenvalue weighted by molar-refractivity contribution is 6.09. The van der Waals surface area contributed by atoms with E-state index >= 15 is 0 Å². The third kappa shape index (κ3) is 2.58. The summed E-state index contributed by atoms with van der Waals surface area (Å²) in [7, 11) is 1.84. The lowest BCUT2D eigenvalue weighted by Crippen LogP contribution is -2.30. The van der Waals surface area contributed by atoms with Crippen LogP contribution in [0, 0.1) is 5.41 Å². The van der Waals surface area contributed by atoms with Gasteiger partial charge in [-0.25, -0.2) is 4.98 Å². The first-order chi connectivity index (χ1) is 10.2. The molecule has 21 heavy (non-hydrogen) atoms. The number of hydrogen-bond donors (Lipinski definition) is 2. The first-order valence-corrected chi connectivity index (χ1v) is 7.53. The Balaban J connectivity index is 1.88. The standard InChI is InChI=1S/C17H21N3O/c1-3-17(8-9-17)11-20-16(21)14-10-19-15(18-2)13-7-5-4-6-12(13)14/h4-7,10H,3,8-9,11H2,1-2H3,(H,18,19)(H,20,21). The summed E-state index contributed by atoms with van der Waals surface area (Å²) in [6, 6.07) is 7.87. The van der Waals surface area contributed by atoms with Gasteiger partial charge in [0.25, 0.3) is 5.91 Å². The molecule has 0 spiro atoms. The summed E-state index contributed by atoms with van der Waals surface area (Å²) in [6.07, 6.45) is 5.24. The van der Waals surface area contributed by atoms with Crippen molar-refractivity contribution in [1.82, 2.24) is 10.3 Å². The Morgan fingerprint density at radius 3 is 2.62 bits per heavy atom. The lowest BCUT2D eigenvalue weighted by molar-refractivity contribution is 0.0945. The van der Waals surface area contributed by atoms with Crippen LogP contribution in [0.25, 0.3) is 10.8 Å². The van der Waals surface area contributed by atoms with E-state index in [2.05, 4.69) is 22.5 Å². The second kappa shape index (κ2) is 5.35. The van der Waals surface area contributed by atoms with Gasteiger partial charge in [0.05, 0.1) is 5.56 Å². The highest BCUT2D eigenvalue weighted by atomic mass is 16.1. The number of hydrogen-bond acceptors (Lipinski definition) is 3. The number of carbonyl (C=O) groups is 1. The fourth-order valence-electron chi connectivity index (χ4n) is 2.77. The Morgan fingerprint density at radius 2 is 2.00 bits per heavy atom. The topological polar surface area (TPSA) is 54.0 Å². The zero-order chi connectivity index (χ0) is 14.9. The molecule has 0 bridgehead atoms. The maximum atomic E-state index is 12.5. The van der Waals surface area contributed by atoms with E-state index in [4.69, 9.17) is 0 Å². The Kier molecular flexibility index (Phi) is 3.53. The third-order valence-corrected chi connectivity index (χ3v) is 4.61. The Morgan fingerprint density at radius 1 is 1.29 bits per heavy atom. The molecule has 1 aromatic heterocycles. The van der Waals surface area contributed by atoms with Crippen LogP contribution in [0.5, 0.6) is 0 Å². The molecular weight excluding hydrogens is 262 g/mol. The van der Waals surface area contributed by atoms with Crippen molar-refractivity contribution in [3.8, 4) is 0 Å². The predicted molar refractivity (Wildman–Crippen MR) is 85.6 cm³/mol.